The van der Waals surface area contributed by atoms with Crippen LogP contribution in [0.25, 0.3) is 11.0 Å². The molecule has 2 aromatic carbocycles. The minimum absolute atomic E-state index is 0.144. The minimum atomic E-state index is -0.262. The Labute approximate surface area is 149 Å². The van der Waals surface area contributed by atoms with Crippen LogP contribution >= 0.6 is 15.9 Å². The normalized spacial score (nSPS) is 11.9. The number of halogens is 1. The SMILES string of the molecule is C#CCn1c(C(C)NC(=O)c2ccc(Br)cc2)nc2ccccc21. The highest BCUT2D eigenvalue weighted by molar-refractivity contribution is 9.10. The molecule has 0 saturated carbocycles. The molecule has 0 spiro atoms. The fraction of sp³-hybridized carbons (Fsp3) is 0.158. The van der Waals surface area contributed by atoms with Gasteiger partial charge in [0.05, 0.1) is 23.6 Å². The third kappa shape index (κ3) is 3.19. The highest BCUT2D eigenvalue weighted by atomic mass is 79.9. The van der Waals surface area contributed by atoms with Crippen LogP contribution in [0.1, 0.15) is 29.1 Å². The van der Waals surface area contributed by atoms with Crippen molar-refractivity contribution < 1.29 is 4.79 Å². The maximum atomic E-state index is 12.4. The molecule has 0 aliphatic rings. The molecule has 1 amide bonds. The predicted octanol–water partition coefficient (Wildman–Crippen LogP) is 3.92. The summed E-state index contributed by atoms with van der Waals surface area (Å²) in [6.45, 7) is 2.32. The van der Waals surface area contributed by atoms with E-state index in [-0.39, 0.29) is 11.9 Å². The molecule has 4 nitrogen and oxygen atoms in total. The van der Waals surface area contributed by atoms with Crippen molar-refractivity contribution in [1.82, 2.24) is 14.9 Å². The van der Waals surface area contributed by atoms with Gasteiger partial charge in [-0.25, -0.2) is 4.98 Å². The molecule has 1 aromatic heterocycles. The van der Waals surface area contributed by atoms with Crippen molar-refractivity contribution in [3.63, 3.8) is 0 Å². The van der Waals surface area contributed by atoms with Gasteiger partial charge in [-0.15, -0.1) is 6.42 Å². The first-order valence-electron chi connectivity index (χ1n) is 7.55. The highest BCUT2D eigenvalue weighted by Gasteiger charge is 2.18. The summed E-state index contributed by atoms with van der Waals surface area (Å²) in [6.07, 6.45) is 5.50. The van der Waals surface area contributed by atoms with Gasteiger partial charge in [0, 0.05) is 10.0 Å². The van der Waals surface area contributed by atoms with Crippen molar-refractivity contribution in [2.24, 2.45) is 0 Å². The Morgan fingerprint density at radius 1 is 1.29 bits per heavy atom. The number of hydrogen-bond acceptors (Lipinski definition) is 2. The zero-order valence-corrected chi connectivity index (χ0v) is 14.7. The Hall–Kier alpha value is -2.58. The summed E-state index contributed by atoms with van der Waals surface area (Å²) in [5, 5.41) is 2.99. The number of carbonyl (C=O) groups is 1. The van der Waals surface area contributed by atoms with E-state index >= 15 is 0 Å². The van der Waals surface area contributed by atoms with Gasteiger partial charge in [-0.3, -0.25) is 4.79 Å². The number of nitrogens with zero attached hydrogens (tertiary/aromatic N) is 2. The maximum Gasteiger partial charge on any atom is 0.251 e. The molecule has 1 heterocycles. The van der Waals surface area contributed by atoms with Crippen LogP contribution < -0.4 is 5.32 Å². The fourth-order valence-electron chi connectivity index (χ4n) is 2.63. The average molecular weight is 382 g/mol. The Balaban J connectivity index is 1.89. The van der Waals surface area contributed by atoms with E-state index in [1.54, 1.807) is 12.1 Å². The molecule has 0 saturated heterocycles. The molecule has 0 fully saturated rings. The van der Waals surface area contributed by atoms with E-state index in [0.29, 0.717) is 12.1 Å². The standard InChI is InChI=1S/C19H16BrN3O/c1-3-12-23-17-7-5-4-6-16(17)22-18(23)13(2)21-19(24)14-8-10-15(20)11-9-14/h1,4-11,13H,12H2,2H3,(H,21,24). The number of para-hydroxylation sites is 2. The molecule has 0 bridgehead atoms. The van der Waals surface area contributed by atoms with Gasteiger partial charge in [-0.2, -0.15) is 0 Å². The molecule has 0 aliphatic carbocycles. The Morgan fingerprint density at radius 2 is 2.00 bits per heavy atom. The molecule has 1 unspecified atom stereocenters. The van der Waals surface area contributed by atoms with Gasteiger partial charge in [-0.05, 0) is 43.3 Å². The van der Waals surface area contributed by atoms with Crippen molar-refractivity contribution >= 4 is 32.9 Å². The monoisotopic (exact) mass is 381 g/mol. The second kappa shape index (κ2) is 6.90. The van der Waals surface area contributed by atoms with E-state index < -0.39 is 0 Å². The lowest BCUT2D eigenvalue weighted by molar-refractivity contribution is 0.0938. The van der Waals surface area contributed by atoms with E-state index in [1.807, 2.05) is 47.9 Å². The van der Waals surface area contributed by atoms with Crippen LogP contribution in [0.2, 0.25) is 0 Å². The number of hydrogen-bond donors (Lipinski definition) is 1. The van der Waals surface area contributed by atoms with Crippen LogP contribution in [0.4, 0.5) is 0 Å². The molecule has 5 heteroatoms. The lowest BCUT2D eigenvalue weighted by Gasteiger charge is -2.15. The molecular formula is C19H16BrN3O. The van der Waals surface area contributed by atoms with Crippen molar-refractivity contribution in [3.05, 3.63) is 64.4 Å². The van der Waals surface area contributed by atoms with E-state index in [1.165, 1.54) is 0 Å². The smallest absolute Gasteiger partial charge is 0.251 e. The van der Waals surface area contributed by atoms with Crippen molar-refractivity contribution in [2.75, 3.05) is 0 Å². The van der Waals surface area contributed by atoms with Crippen molar-refractivity contribution in [3.8, 4) is 12.3 Å². The largest absolute Gasteiger partial charge is 0.342 e. The Bertz CT molecular complexity index is 922. The first kappa shape index (κ1) is 16.3. The zero-order valence-electron chi connectivity index (χ0n) is 13.2. The molecule has 3 rings (SSSR count). The molecule has 3 aromatic rings. The van der Waals surface area contributed by atoms with Crippen LogP contribution in [-0.4, -0.2) is 15.5 Å². The molecule has 0 aliphatic heterocycles. The van der Waals surface area contributed by atoms with Gasteiger partial charge in [0.15, 0.2) is 0 Å². The van der Waals surface area contributed by atoms with Gasteiger partial charge in [0.1, 0.15) is 5.82 Å². The summed E-state index contributed by atoms with van der Waals surface area (Å²) in [4.78, 5) is 17.1. The summed E-state index contributed by atoms with van der Waals surface area (Å²) in [5.41, 5.74) is 2.44. The average Bonchev–Trinajstić information content (AvgIpc) is 2.95. The third-order valence-corrected chi connectivity index (χ3v) is 4.30. The number of amides is 1. The van der Waals surface area contributed by atoms with E-state index in [2.05, 4.69) is 32.2 Å². The van der Waals surface area contributed by atoms with Crippen LogP contribution in [-0.2, 0) is 6.54 Å². The fourth-order valence-corrected chi connectivity index (χ4v) is 2.89. The van der Waals surface area contributed by atoms with Crippen LogP contribution in [0.5, 0.6) is 0 Å². The van der Waals surface area contributed by atoms with Gasteiger partial charge in [0.25, 0.3) is 5.91 Å². The lowest BCUT2D eigenvalue weighted by Crippen LogP contribution is -2.28. The number of benzene rings is 2. The Morgan fingerprint density at radius 3 is 2.71 bits per heavy atom. The predicted molar refractivity (Wildman–Crippen MR) is 98.6 cm³/mol. The van der Waals surface area contributed by atoms with Gasteiger partial charge in [-0.1, -0.05) is 34.0 Å². The molecule has 24 heavy (non-hydrogen) atoms. The maximum absolute atomic E-state index is 12.4. The number of carbonyl (C=O) groups excluding carboxylic acids is 1. The number of nitrogens with one attached hydrogen (secondary N) is 1. The summed E-state index contributed by atoms with van der Waals surface area (Å²) in [6, 6.07) is 14.8. The van der Waals surface area contributed by atoms with E-state index in [0.717, 1.165) is 21.3 Å². The second-order valence-corrected chi connectivity index (χ2v) is 6.37. The number of imidazole rings is 1. The molecular weight excluding hydrogens is 366 g/mol. The molecule has 0 radical (unpaired) electrons. The van der Waals surface area contributed by atoms with E-state index in [4.69, 9.17) is 6.42 Å². The number of aromatic nitrogens is 2. The summed E-state index contributed by atoms with van der Waals surface area (Å²) in [7, 11) is 0. The van der Waals surface area contributed by atoms with Crippen molar-refractivity contribution in [1.29, 1.82) is 0 Å². The lowest BCUT2D eigenvalue weighted by atomic mass is 10.2. The molecule has 1 atom stereocenters. The van der Waals surface area contributed by atoms with E-state index in [9.17, 15) is 4.79 Å². The summed E-state index contributed by atoms with van der Waals surface area (Å²) in [5.74, 6) is 3.26. The van der Waals surface area contributed by atoms with Gasteiger partial charge >= 0.3 is 0 Å². The third-order valence-electron chi connectivity index (χ3n) is 3.77. The van der Waals surface area contributed by atoms with Gasteiger partial charge in [0.2, 0.25) is 0 Å². The first-order chi connectivity index (χ1) is 11.6. The molecule has 120 valence electrons. The Kier molecular flexibility index (Phi) is 4.68. The van der Waals surface area contributed by atoms with Gasteiger partial charge < -0.3 is 9.88 Å². The first-order valence-corrected chi connectivity index (χ1v) is 8.34. The summed E-state index contributed by atoms with van der Waals surface area (Å²) >= 11 is 3.36. The highest BCUT2D eigenvalue weighted by Crippen LogP contribution is 2.21. The molecule has 1 N–H and O–H groups in total. The number of terminal acetylenes is 1. The van der Waals surface area contributed by atoms with Crippen LogP contribution in [0.3, 0.4) is 0 Å². The van der Waals surface area contributed by atoms with Crippen LogP contribution in [0, 0.1) is 12.3 Å². The summed E-state index contributed by atoms with van der Waals surface area (Å²) < 4.78 is 2.89. The topological polar surface area (TPSA) is 46.9 Å². The second-order valence-electron chi connectivity index (χ2n) is 5.45. The number of fused-ring (bicyclic) bond motifs is 1. The minimum Gasteiger partial charge on any atom is -0.342 e. The quantitative estimate of drug-likeness (QED) is 0.696. The van der Waals surface area contributed by atoms with Crippen LogP contribution in [0.15, 0.2) is 53.0 Å². The zero-order chi connectivity index (χ0) is 17.1. The number of rotatable bonds is 4. The van der Waals surface area contributed by atoms with Crippen molar-refractivity contribution in [2.45, 2.75) is 19.5 Å².